The van der Waals surface area contributed by atoms with E-state index in [1.807, 2.05) is 26.2 Å². The Hall–Kier alpha value is -0.930. The minimum Gasteiger partial charge on any atom is -0.328 e. The van der Waals surface area contributed by atoms with Crippen LogP contribution in [0.25, 0.3) is 0 Å². The van der Waals surface area contributed by atoms with Gasteiger partial charge in [0.05, 0.1) is 0 Å². The molecule has 1 aromatic carbocycles. The van der Waals surface area contributed by atoms with Gasteiger partial charge in [0.15, 0.2) is 0 Å². The molecule has 1 aliphatic carbocycles. The summed E-state index contributed by atoms with van der Waals surface area (Å²) >= 11 is 0. The predicted octanol–water partition coefficient (Wildman–Crippen LogP) is 2.95. The third-order valence-electron chi connectivity index (χ3n) is 4.04. The molecule has 1 saturated carbocycles. The van der Waals surface area contributed by atoms with Gasteiger partial charge in [0.2, 0.25) is 0 Å². The smallest absolute Gasteiger partial charge is 0.127 e. The molecule has 0 radical (unpaired) electrons. The third kappa shape index (κ3) is 2.90. The highest BCUT2D eigenvalue weighted by atomic mass is 19.1. The molecule has 0 bridgehead atoms. The van der Waals surface area contributed by atoms with E-state index >= 15 is 0 Å². The fourth-order valence-corrected chi connectivity index (χ4v) is 3.13. The highest BCUT2D eigenvalue weighted by Crippen LogP contribution is 2.37. The quantitative estimate of drug-likeness (QED) is 0.893. The molecule has 0 aliphatic heterocycles. The van der Waals surface area contributed by atoms with Crippen LogP contribution in [0, 0.1) is 11.7 Å². The minimum atomic E-state index is -0.0916. The molecule has 0 saturated heterocycles. The van der Waals surface area contributed by atoms with E-state index in [1.54, 1.807) is 12.1 Å². The molecule has 0 aromatic heterocycles. The fourth-order valence-electron chi connectivity index (χ4n) is 3.13. The molecule has 2 nitrogen and oxygen atoms in total. The number of hydrogen-bond acceptors (Lipinski definition) is 2. The van der Waals surface area contributed by atoms with E-state index in [0.29, 0.717) is 12.0 Å². The number of benzene rings is 1. The summed E-state index contributed by atoms with van der Waals surface area (Å²) in [5.41, 5.74) is 6.78. The molecule has 1 unspecified atom stereocenters. The summed E-state index contributed by atoms with van der Waals surface area (Å²) in [6.07, 6.45) is 4.31. The number of nitrogens with zero attached hydrogens (tertiary/aromatic N) is 1. The maximum Gasteiger partial charge on any atom is 0.127 e. The highest BCUT2D eigenvalue weighted by Gasteiger charge is 2.30. The average Bonchev–Trinajstić information content (AvgIpc) is 2.34. The summed E-state index contributed by atoms with van der Waals surface area (Å²) in [4.78, 5) is 2.14. The van der Waals surface area contributed by atoms with Crippen molar-refractivity contribution in [3.05, 3.63) is 35.6 Å². The molecule has 2 rings (SSSR count). The Kier molecular flexibility index (Phi) is 4.36. The van der Waals surface area contributed by atoms with E-state index < -0.39 is 0 Å². The number of nitrogens with two attached hydrogens (primary N) is 1. The SMILES string of the molecule is CN(C)C(c1ccccc1F)C1CCC(N)CC1. The van der Waals surface area contributed by atoms with Crippen LogP contribution in [0.2, 0.25) is 0 Å². The largest absolute Gasteiger partial charge is 0.328 e. The van der Waals surface area contributed by atoms with Crippen molar-refractivity contribution < 1.29 is 4.39 Å². The molecule has 3 heteroatoms. The van der Waals surface area contributed by atoms with Gasteiger partial charge >= 0.3 is 0 Å². The van der Waals surface area contributed by atoms with Crippen molar-refractivity contribution in [2.75, 3.05) is 14.1 Å². The summed E-state index contributed by atoms with van der Waals surface area (Å²) in [5, 5.41) is 0. The van der Waals surface area contributed by atoms with Crippen LogP contribution in [0.3, 0.4) is 0 Å². The number of halogens is 1. The molecule has 1 fully saturated rings. The molecule has 0 heterocycles. The highest BCUT2D eigenvalue weighted by molar-refractivity contribution is 5.22. The average molecular weight is 250 g/mol. The molecule has 2 N–H and O–H groups in total. The molecular formula is C15H23FN2. The summed E-state index contributed by atoms with van der Waals surface area (Å²) in [6, 6.07) is 7.64. The van der Waals surface area contributed by atoms with Gasteiger partial charge in [-0.05, 0) is 51.8 Å². The van der Waals surface area contributed by atoms with Gasteiger partial charge in [-0.15, -0.1) is 0 Å². The van der Waals surface area contributed by atoms with E-state index in [4.69, 9.17) is 5.73 Å². The first-order valence-corrected chi connectivity index (χ1v) is 6.76. The topological polar surface area (TPSA) is 29.3 Å². The van der Waals surface area contributed by atoms with Crippen LogP contribution in [0.1, 0.15) is 37.3 Å². The Balaban J connectivity index is 2.21. The van der Waals surface area contributed by atoms with Gasteiger partial charge in [-0.1, -0.05) is 18.2 Å². The first-order valence-electron chi connectivity index (χ1n) is 6.76. The molecule has 1 atom stereocenters. The van der Waals surface area contributed by atoms with Crippen LogP contribution in [0.5, 0.6) is 0 Å². The summed E-state index contributed by atoms with van der Waals surface area (Å²) in [6.45, 7) is 0. The van der Waals surface area contributed by atoms with E-state index in [-0.39, 0.29) is 11.9 Å². The molecular weight excluding hydrogens is 227 g/mol. The van der Waals surface area contributed by atoms with Crippen molar-refractivity contribution in [2.45, 2.75) is 37.8 Å². The zero-order chi connectivity index (χ0) is 13.1. The van der Waals surface area contributed by atoms with Crippen LogP contribution in [0.4, 0.5) is 4.39 Å². The van der Waals surface area contributed by atoms with Crippen LogP contribution >= 0.6 is 0 Å². The zero-order valence-corrected chi connectivity index (χ0v) is 11.3. The second-order valence-corrected chi connectivity index (χ2v) is 5.60. The standard InChI is InChI=1S/C15H23FN2/c1-18(2)15(11-7-9-12(17)10-8-11)13-5-3-4-6-14(13)16/h3-6,11-12,15H,7-10,17H2,1-2H3. The van der Waals surface area contributed by atoms with Gasteiger partial charge in [-0.25, -0.2) is 4.39 Å². The van der Waals surface area contributed by atoms with Gasteiger partial charge in [0, 0.05) is 17.6 Å². The van der Waals surface area contributed by atoms with E-state index in [2.05, 4.69) is 4.90 Å². The third-order valence-corrected chi connectivity index (χ3v) is 4.04. The molecule has 100 valence electrons. The molecule has 0 spiro atoms. The molecule has 1 aromatic rings. The van der Waals surface area contributed by atoms with E-state index in [0.717, 1.165) is 31.2 Å². The summed E-state index contributed by atoms with van der Waals surface area (Å²) in [7, 11) is 4.07. The van der Waals surface area contributed by atoms with Crippen molar-refractivity contribution >= 4 is 0 Å². The Morgan fingerprint density at radius 1 is 1.17 bits per heavy atom. The lowest BCUT2D eigenvalue weighted by molar-refractivity contribution is 0.160. The Bertz CT molecular complexity index is 384. The molecule has 1 aliphatic rings. The summed E-state index contributed by atoms with van der Waals surface area (Å²) in [5.74, 6) is 0.419. The maximum atomic E-state index is 14.0. The van der Waals surface area contributed by atoms with Crippen molar-refractivity contribution in [2.24, 2.45) is 11.7 Å². The van der Waals surface area contributed by atoms with E-state index in [1.165, 1.54) is 0 Å². The fraction of sp³-hybridized carbons (Fsp3) is 0.600. The monoisotopic (exact) mass is 250 g/mol. The van der Waals surface area contributed by atoms with Gasteiger partial charge in [0.25, 0.3) is 0 Å². The summed E-state index contributed by atoms with van der Waals surface area (Å²) < 4.78 is 14.0. The normalized spacial score (nSPS) is 26.3. The molecule has 0 amide bonds. The van der Waals surface area contributed by atoms with Crippen molar-refractivity contribution in [1.82, 2.24) is 4.90 Å². The Morgan fingerprint density at radius 3 is 2.33 bits per heavy atom. The number of hydrogen-bond donors (Lipinski definition) is 1. The lowest BCUT2D eigenvalue weighted by Crippen LogP contribution is -2.34. The van der Waals surface area contributed by atoms with Crippen molar-refractivity contribution in [1.29, 1.82) is 0 Å². The van der Waals surface area contributed by atoms with Gasteiger partial charge in [-0.3, -0.25) is 0 Å². The van der Waals surface area contributed by atoms with Crippen LogP contribution in [0.15, 0.2) is 24.3 Å². The lowest BCUT2D eigenvalue weighted by atomic mass is 9.79. The van der Waals surface area contributed by atoms with Gasteiger partial charge in [-0.2, -0.15) is 0 Å². The zero-order valence-electron chi connectivity index (χ0n) is 11.3. The Morgan fingerprint density at radius 2 is 1.78 bits per heavy atom. The minimum absolute atomic E-state index is 0.0916. The first kappa shape index (κ1) is 13.5. The molecule has 18 heavy (non-hydrogen) atoms. The van der Waals surface area contributed by atoms with Crippen LogP contribution in [-0.4, -0.2) is 25.0 Å². The maximum absolute atomic E-state index is 14.0. The lowest BCUT2D eigenvalue weighted by Gasteiger charge is -2.36. The van der Waals surface area contributed by atoms with E-state index in [9.17, 15) is 4.39 Å². The van der Waals surface area contributed by atoms with Crippen LogP contribution in [-0.2, 0) is 0 Å². The van der Waals surface area contributed by atoms with Crippen LogP contribution < -0.4 is 5.73 Å². The van der Waals surface area contributed by atoms with Gasteiger partial charge < -0.3 is 10.6 Å². The second-order valence-electron chi connectivity index (χ2n) is 5.60. The first-order chi connectivity index (χ1) is 8.59. The predicted molar refractivity (Wildman–Crippen MR) is 72.8 cm³/mol. The van der Waals surface area contributed by atoms with Crippen molar-refractivity contribution in [3.63, 3.8) is 0 Å². The Labute approximate surface area is 109 Å². The number of rotatable bonds is 3. The second kappa shape index (κ2) is 5.81. The van der Waals surface area contributed by atoms with Gasteiger partial charge in [0.1, 0.15) is 5.82 Å². The van der Waals surface area contributed by atoms with Crippen molar-refractivity contribution in [3.8, 4) is 0 Å².